The standard InChI is InChI=1S/C18H34O5S/c1-2-3-4-7-14(19)13-24-17-10-9-16(20)15(17)8-5-6-11-23-12-18(21)22/h14-17,19-20H,2-13H2,1H3,(H,21,22). The van der Waals surface area contributed by atoms with Crippen molar-refractivity contribution in [2.24, 2.45) is 5.92 Å². The van der Waals surface area contributed by atoms with Gasteiger partial charge in [0.05, 0.1) is 12.2 Å². The van der Waals surface area contributed by atoms with E-state index in [-0.39, 0.29) is 24.7 Å². The molecule has 0 saturated heterocycles. The minimum absolute atomic E-state index is 0.232. The fraction of sp³-hybridized carbons (Fsp3) is 0.944. The molecule has 0 aromatic rings. The van der Waals surface area contributed by atoms with E-state index in [2.05, 4.69) is 6.92 Å². The number of carboxylic acids is 1. The monoisotopic (exact) mass is 362 g/mol. The highest BCUT2D eigenvalue weighted by atomic mass is 32.2. The summed E-state index contributed by atoms with van der Waals surface area (Å²) in [6, 6.07) is 0. The maximum Gasteiger partial charge on any atom is 0.329 e. The first kappa shape index (κ1) is 21.7. The lowest BCUT2D eigenvalue weighted by molar-refractivity contribution is -0.142. The molecule has 0 heterocycles. The largest absolute Gasteiger partial charge is 0.480 e. The molecular formula is C18H34O5S. The molecular weight excluding hydrogens is 328 g/mol. The number of hydrogen-bond donors (Lipinski definition) is 3. The van der Waals surface area contributed by atoms with E-state index >= 15 is 0 Å². The second-order valence-corrected chi connectivity index (χ2v) is 8.04. The number of carboxylic acid groups (broad SMARTS) is 1. The molecule has 0 radical (unpaired) electrons. The molecule has 0 aromatic carbocycles. The quantitative estimate of drug-likeness (QED) is 0.412. The van der Waals surface area contributed by atoms with Gasteiger partial charge in [-0.3, -0.25) is 0 Å². The topological polar surface area (TPSA) is 87.0 Å². The predicted octanol–water partition coefficient (Wildman–Crippen LogP) is 3.07. The highest BCUT2D eigenvalue weighted by Gasteiger charge is 2.34. The van der Waals surface area contributed by atoms with Crippen LogP contribution >= 0.6 is 11.8 Å². The Morgan fingerprint density at radius 1 is 1.25 bits per heavy atom. The second kappa shape index (κ2) is 13.0. The minimum Gasteiger partial charge on any atom is -0.480 e. The zero-order valence-corrected chi connectivity index (χ0v) is 15.7. The van der Waals surface area contributed by atoms with Crippen LogP contribution in [0, 0.1) is 5.92 Å². The SMILES string of the molecule is CCCCCC(O)CSC1CCC(O)C1CCCCOCC(=O)O. The minimum atomic E-state index is -0.935. The Kier molecular flexibility index (Phi) is 11.8. The zero-order chi connectivity index (χ0) is 17.8. The van der Waals surface area contributed by atoms with Crippen molar-refractivity contribution >= 4 is 17.7 Å². The van der Waals surface area contributed by atoms with Crippen LogP contribution in [-0.4, -0.2) is 57.7 Å². The van der Waals surface area contributed by atoms with Crippen LogP contribution in [-0.2, 0) is 9.53 Å². The molecule has 1 rings (SSSR count). The number of aliphatic hydroxyl groups excluding tert-OH is 2. The third kappa shape index (κ3) is 9.25. The Bertz CT molecular complexity index is 339. The molecule has 0 aliphatic heterocycles. The Morgan fingerprint density at radius 2 is 2.04 bits per heavy atom. The summed E-state index contributed by atoms with van der Waals surface area (Å²) in [5.74, 6) is 0.117. The Balaban J connectivity index is 2.18. The van der Waals surface area contributed by atoms with Gasteiger partial charge in [-0.05, 0) is 38.0 Å². The fourth-order valence-corrected chi connectivity index (χ4v) is 4.79. The summed E-state index contributed by atoms with van der Waals surface area (Å²) in [6.45, 7) is 2.39. The van der Waals surface area contributed by atoms with Gasteiger partial charge < -0.3 is 20.1 Å². The maximum absolute atomic E-state index is 10.4. The van der Waals surface area contributed by atoms with Crippen LogP contribution in [0.15, 0.2) is 0 Å². The number of ether oxygens (including phenoxy) is 1. The van der Waals surface area contributed by atoms with E-state index in [4.69, 9.17) is 9.84 Å². The van der Waals surface area contributed by atoms with Crippen LogP contribution < -0.4 is 0 Å². The molecule has 1 aliphatic carbocycles. The number of carbonyl (C=O) groups is 1. The van der Waals surface area contributed by atoms with Crippen molar-refractivity contribution in [3.05, 3.63) is 0 Å². The Hall–Kier alpha value is -0.300. The van der Waals surface area contributed by atoms with E-state index < -0.39 is 5.97 Å². The van der Waals surface area contributed by atoms with Crippen LogP contribution in [0.4, 0.5) is 0 Å². The number of unbranched alkanes of at least 4 members (excludes halogenated alkanes) is 3. The summed E-state index contributed by atoms with van der Waals surface area (Å²) in [4.78, 5) is 10.4. The van der Waals surface area contributed by atoms with Gasteiger partial charge in [0.15, 0.2) is 0 Å². The maximum atomic E-state index is 10.4. The molecule has 0 bridgehead atoms. The van der Waals surface area contributed by atoms with Gasteiger partial charge in [-0.2, -0.15) is 11.8 Å². The van der Waals surface area contributed by atoms with Crippen molar-refractivity contribution in [1.29, 1.82) is 0 Å². The van der Waals surface area contributed by atoms with Crippen LogP contribution in [0.25, 0.3) is 0 Å². The number of aliphatic hydroxyl groups is 2. The van der Waals surface area contributed by atoms with Crippen molar-refractivity contribution in [2.45, 2.75) is 82.2 Å². The average molecular weight is 363 g/mol. The lowest BCUT2D eigenvalue weighted by Crippen LogP contribution is -2.23. The molecule has 4 unspecified atom stereocenters. The van der Waals surface area contributed by atoms with Crippen LogP contribution in [0.3, 0.4) is 0 Å². The van der Waals surface area contributed by atoms with Gasteiger partial charge in [0.1, 0.15) is 6.61 Å². The van der Waals surface area contributed by atoms with Gasteiger partial charge in [-0.15, -0.1) is 0 Å². The first-order valence-corrected chi connectivity index (χ1v) is 10.4. The van der Waals surface area contributed by atoms with Gasteiger partial charge in [0.2, 0.25) is 0 Å². The summed E-state index contributed by atoms with van der Waals surface area (Å²) in [6.07, 6.45) is 8.43. The summed E-state index contributed by atoms with van der Waals surface area (Å²) >= 11 is 1.82. The van der Waals surface area contributed by atoms with E-state index in [0.29, 0.717) is 11.9 Å². The fourth-order valence-electron chi connectivity index (χ4n) is 3.29. The predicted molar refractivity (Wildman–Crippen MR) is 97.4 cm³/mol. The third-order valence-electron chi connectivity index (χ3n) is 4.66. The van der Waals surface area contributed by atoms with Crippen LogP contribution in [0.1, 0.15) is 64.7 Å². The molecule has 6 heteroatoms. The van der Waals surface area contributed by atoms with Gasteiger partial charge in [-0.1, -0.05) is 32.6 Å². The average Bonchev–Trinajstić information content (AvgIpc) is 2.89. The molecule has 142 valence electrons. The molecule has 0 amide bonds. The van der Waals surface area contributed by atoms with Gasteiger partial charge >= 0.3 is 5.97 Å². The first-order chi connectivity index (χ1) is 11.5. The van der Waals surface area contributed by atoms with E-state index in [1.54, 1.807) is 0 Å². The van der Waals surface area contributed by atoms with Gasteiger partial charge in [-0.25, -0.2) is 4.79 Å². The summed E-state index contributed by atoms with van der Waals surface area (Å²) in [5, 5.41) is 29.2. The lowest BCUT2D eigenvalue weighted by atomic mass is 9.98. The number of rotatable bonds is 14. The van der Waals surface area contributed by atoms with Gasteiger partial charge in [0, 0.05) is 17.6 Å². The molecule has 0 aromatic heterocycles. The van der Waals surface area contributed by atoms with E-state index in [1.165, 1.54) is 12.8 Å². The molecule has 1 aliphatic rings. The summed E-state index contributed by atoms with van der Waals surface area (Å²) in [5.41, 5.74) is 0. The molecule has 3 N–H and O–H groups in total. The smallest absolute Gasteiger partial charge is 0.329 e. The summed E-state index contributed by atoms with van der Waals surface area (Å²) < 4.78 is 5.04. The molecule has 24 heavy (non-hydrogen) atoms. The lowest BCUT2D eigenvalue weighted by Gasteiger charge is -2.23. The normalized spacial score (nSPS) is 25.0. The van der Waals surface area contributed by atoms with Crippen LogP contribution in [0.5, 0.6) is 0 Å². The van der Waals surface area contributed by atoms with E-state index in [0.717, 1.165) is 50.7 Å². The van der Waals surface area contributed by atoms with Crippen molar-refractivity contribution in [2.75, 3.05) is 19.0 Å². The van der Waals surface area contributed by atoms with Crippen molar-refractivity contribution in [3.8, 4) is 0 Å². The van der Waals surface area contributed by atoms with Crippen molar-refractivity contribution in [3.63, 3.8) is 0 Å². The van der Waals surface area contributed by atoms with Gasteiger partial charge in [0.25, 0.3) is 0 Å². The second-order valence-electron chi connectivity index (χ2n) is 6.77. The molecule has 5 nitrogen and oxygen atoms in total. The van der Waals surface area contributed by atoms with E-state index in [9.17, 15) is 15.0 Å². The first-order valence-electron chi connectivity index (χ1n) is 9.31. The Morgan fingerprint density at radius 3 is 2.75 bits per heavy atom. The highest BCUT2D eigenvalue weighted by molar-refractivity contribution is 7.99. The number of aliphatic carboxylic acids is 1. The number of hydrogen-bond acceptors (Lipinski definition) is 5. The third-order valence-corrected chi connectivity index (χ3v) is 6.25. The Labute approximate surface area is 150 Å². The molecule has 1 fully saturated rings. The van der Waals surface area contributed by atoms with E-state index in [1.807, 2.05) is 11.8 Å². The highest BCUT2D eigenvalue weighted by Crippen LogP contribution is 2.38. The number of thioether (sulfide) groups is 1. The molecule has 1 saturated carbocycles. The van der Waals surface area contributed by atoms with Crippen molar-refractivity contribution in [1.82, 2.24) is 0 Å². The molecule has 0 spiro atoms. The molecule has 4 atom stereocenters. The zero-order valence-electron chi connectivity index (χ0n) is 14.9. The summed E-state index contributed by atoms with van der Waals surface area (Å²) in [7, 11) is 0. The van der Waals surface area contributed by atoms with Crippen molar-refractivity contribution < 1.29 is 24.9 Å². The van der Waals surface area contributed by atoms with Crippen LogP contribution in [0.2, 0.25) is 0 Å².